The van der Waals surface area contributed by atoms with E-state index in [4.69, 9.17) is 9.72 Å². The summed E-state index contributed by atoms with van der Waals surface area (Å²) in [5.41, 5.74) is 3.54. The number of allylic oxidation sites excluding steroid dienone is 3. The fourth-order valence-corrected chi connectivity index (χ4v) is 6.49. The molecule has 1 aromatic heterocycles. The summed E-state index contributed by atoms with van der Waals surface area (Å²) < 4.78 is 28.7. The molecular formula is C26H35N3O3S2. The Balaban J connectivity index is 1.44. The van der Waals surface area contributed by atoms with Crippen molar-refractivity contribution >= 4 is 26.9 Å². The van der Waals surface area contributed by atoms with Crippen molar-refractivity contribution in [2.45, 2.75) is 38.7 Å². The number of nitrogens with one attached hydrogen (secondary N) is 2. The Kier molecular flexibility index (Phi) is 7.80. The Morgan fingerprint density at radius 1 is 1.26 bits per heavy atom. The van der Waals surface area contributed by atoms with E-state index in [2.05, 4.69) is 41.0 Å². The molecule has 3 atom stereocenters. The van der Waals surface area contributed by atoms with E-state index in [0.29, 0.717) is 24.3 Å². The predicted octanol–water partition coefficient (Wildman–Crippen LogP) is 4.88. The van der Waals surface area contributed by atoms with Gasteiger partial charge in [-0.1, -0.05) is 23.8 Å². The van der Waals surface area contributed by atoms with Crippen LogP contribution in [-0.2, 0) is 9.84 Å². The van der Waals surface area contributed by atoms with Gasteiger partial charge in [-0.15, -0.1) is 11.3 Å². The van der Waals surface area contributed by atoms with Crippen LogP contribution in [0, 0.1) is 11.8 Å². The molecule has 0 amide bonds. The highest BCUT2D eigenvalue weighted by Crippen LogP contribution is 2.48. The van der Waals surface area contributed by atoms with Crippen LogP contribution in [0.3, 0.4) is 0 Å². The number of rotatable bonds is 10. The smallest absolute Gasteiger partial charge is 0.148 e. The number of fused-ring (bicyclic) bond motifs is 1. The molecule has 0 radical (unpaired) electrons. The number of sulfone groups is 1. The Morgan fingerprint density at radius 2 is 2.09 bits per heavy atom. The van der Waals surface area contributed by atoms with E-state index in [0.717, 1.165) is 41.4 Å². The largest absolute Gasteiger partial charge is 0.489 e. The molecule has 8 heteroatoms. The number of anilines is 1. The average molecular weight is 502 g/mol. The van der Waals surface area contributed by atoms with Crippen LogP contribution in [0.2, 0.25) is 0 Å². The first-order chi connectivity index (χ1) is 16.2. The molecule has 2 N–H and O–H groups in total. The van der Waals surface area contributed by atoms with Crippen molar-refractivity contribution in [2.24, 2.45) is 11.8 Å². The van der Waals surface area contributed by atoms with Gasteiger partial charge in [-0.3, -0.25) is 0 Å². The summed E-state index contributed by atoms with van der Waals surface area (Å²) in [6.45, 7) is 5.41. The van der Waals surface area contributed by atoms with Gasteiger partial charge in [-0.2, -0.15) is 0 Å². The molecule has 1 fully saturated rings. The lowest BCUT2D eigenvalue weighted by Crippen LogP contribution is -2.28. The molecule has 4 rings (SSSR count). The Morgan fingerprint density at radius 3 is 2.82 bits per heavy atom. The molecule has 2 aliphatic carbocycles. The second-order valence-corrected chi connectivity index (χ2v) is 12.8. The van der Waals surface area contributed by atoms with E-state index in [1.54, 1.807) is 11.3 Å². The van der Waals surface area contributed by atoms with Crippen molar-refractivity contribution in [3.05, 3.63) is 53.1 Å². The van der Waals surface area contributed by atoms with E-state index in [1.807, 2.05) is 33.2 Å². The lowest BCUT2D eigenvalue weighted by atomic mass is 9.81. The molecule has 1 aromatic carbocycles. The molecule has 0 aliphatic heterocycles. The van der Waals surface area contributed by atoms with E-state index in [1.165, 1.54) is 16.7 Å². The first-order valence-corrected chi connectivity index (χ1v) is 14.8. The van der Waals surface area contributed by atoms with Crippen LogP contribution >= 0.6 is 11.3 Å². The van der Waals surface area contributed by atoms with Gasteiger partial charge in [0.05, 0.1) is 17.5 Å². The first kappa shape index (κ1) is 24.9. The summed E-state index contributed by atoms with van der Waals surface area (Å²) in [5, 5.41) is 7.61. The minimum Gasteiger partial charge on any atom is -0.489 e. The minimum atomic E-state index is -2.93. The summed E-state index contributed by atoms with van der Waals surface area (Å²) in [6.07, 6.45) is 12.5. The normalized spacial score (nSPS) is 22.0. The van der Waals surface area contributed by atoms with Crippen LogP contribution in [0.15, 0.2) is 48.2 Å². The fourth-order valence-electron chi connectivity index (χ4n) is 4.92. The zero-order valence-corrected chi connectivity index (χ0v) is 22.0. The van der Waals surface area contributed by atoms with Crippen molar-refractivity contribution in [1.82, 2.24) is 10.3 Å². The molecule has 0 saturated heterocycles. The number of hydrogen-bond acceptors (Lipinski definition) is 7. The van der Waals surface area contributed by atoms with E-state index >= 15 is 0 Å². The van der Waals surface area contributed by atoms with Gasteiger partial charge in [0.2, 0.25) is 0 Å². The third-order valence-electron chi connectivity index (χ3n) is 6.52. The molecule has 6 nitrogen and oxygen atoms in total. The highest BCUT2D eigenvalue weighted by Gasteiger charge is 2.36. The van der Waals surface area contributed by atoms with E-state index in [-0.39, 0.29) is 11.9 Å². The molecule has 0 bridgehead atoms. The molecule has 2 aliphatic rings. The number of thiazole rings is 1. The summed E-state index contributed by atoms with van der Waals surface area (Å²) >= 11 is 1.77. The first-order valence-electron chi connectivity index (χ1n) is 12.0. The van der Waals surface area contributed by atoms with Crippen molar-refractivity contribution in [1.29, 1.82) is 0 Å². The van der Waals surface area contributed by atoms with Gasteiger partial charge >= 0.3 is 0 Å². The minimum absolute atomic E-state index is 0.120. The lowest BCUT2D eigenvalue weighted by molar-refractivity contribution is 0.244. The summed E-state index contributed by atoms with van der Waals surface area (Å²) in [6, 6.07) is 6.20. The zero-order valence-electron chi connectivity index (χ0n) is 20.4. The third kappa shape index (κ3) is 5.90. The van der Waals surface area contributed by atoms with Crippen LogP contribution in [-0.4, -0.2) is 51.7 Å². The average Bonchev–Trinajstić information content (AvgIpc) is 3.43. The van der Waals surface area contributed by atoms with Crippen LogP contribution in [0.5, 0.6) is 5.75 Å². The summed E-state index contributed by atoms with van der Waals surface area (Å²) in [5.74, 6) is 2.35. The second-order valence-electron chi connectivity index (χ2n) is 9.49. The maximum atomic E-state index is 11.4. The number of hydrogen-bond donors (Lipinski definition) is 2. The number of benzene rings is 1. The van der Waals surface area contributed by atoms with Crippen LogP contribution in [0.25, 0.3) is 10.6 Å². The molecule has 34 heavy (non-hydrogen) atoms. The number of ether oxygens (including phenoxy) is 1. The van der Waals surface area contributed by atoms with Crippen LogP contribution in [0.4, 0.5) is 5.69 Å². The van der Waals surface area contributed by atoms with Gasteiger partial charge in [0.1, 0.15) is 20.6 Å². The predicted molar refractivity (Wildman–Crippen MR) is 142 cm³/mol. The molecule has 3 unspecified atom stereocenters. The van der Waals surface area contributed by atoms with Gasteiger partial charge in [0.25, 0.3) is 0 Å². The maximum absolute atomic E-state index is 11.4. The Bertz CT molecular complexity index is 1170. The Labute approximate surface area is 207 Å². The van der Waals surface area contributed by atoms with Gasteiger partial charge in [0.15, 0.2) is 0 Å². The van der Waals surface area contributed by atoms with Crippen molar-refractivity contribution in [2.75, 3.05) is 37.5 Å². The monoisotopic (exact) mass is 501 g/mol. The van der Waals surface area contributed by atoms with Crippen molar-refractivity contribution < 1.29 is 13.2 Å². The highest BCUT2D eigenvalue weighted by atomic mass is 32.2. The Hall–Kier alpha value is -2.16. The standard InChI is InChI=1S/C26H35N3O3S2/c1-17(2)32-24-11-9-18(14-23(24)27-3)26-29-16-25(33-26)22-7-5-6-20-19(8-10-21(20)22)15-28-12-13-34(4,30)31/h5-7,9,11,14,16-17,19,21-22,27-28H,8,10,12-13,15H2,1-4H3. The molecular weight excluding hydrogens is 466 g/mol. The second kappa shape index (κ2) is 10.6. The summed E-state index contributed by atoms with van der Waals surface area (Å²) in [7, 11) is -1.02. The molecule has 0 spiro atoms. The van der Waals surface area contributed by atoms with Gasteiger partial charge < -0.3 is 15.4 Å². The zero-order chi connectivity index (χ0) is 24.3. The quantitative estimate of drug-likeness (QED) is 0.452. The van der Waals surface area contributed by atoms with Gasteiger partial charge in [-0.05, 0) is 56.7 Å². The lowest BCUT2D eigenvalue weighted by Gasteiger charge is -2.25. The highest BCUT2D eigenvalue weighted by molar-refractivity contribution is 7.90. The molecule has 2 aromatic rings. The third-order valence-corrected chi connectivity index (χ3v) is 8.61. The van der Waals surface area contributed by atoms with Gasteiger partial charge in [-0.25, -0.2) is 13.4 Å². The van der Waals surface area contributed by atoms with Gasteiger partial charge in [0, 0.05) is 48.9 Å². The van der Waals surface area contributed by atoms with E-state index < -0.39 is 9.84 Å². The SMILES string of the molecule is CNc1cc(-c2ncc(C3C=CC=C4C(CNCCS(C)(=O)=O)CCC43)s2)ccc1OC(C)C. The topological polar surface area (TPSA) is 80.3 Å². The van der Waals surface area contributed by atoms with Crippen LogP contribution in [0.1, 0.15) is 37.5 Å². The van der Waals surface area contributed by atoms with Crippen molar-refractivity contribution in [3.8, 4) is 16.3 Å². The van der Waals surface area contributed by atoms with Crippen molar-refractivity contribution in [3.63, 3.8) is 0 Å². The summed E-state index contributed by atoms with van der Waals surface area (Å²) in [4.78, 5) is 6.06. The molecule has 184 valence electrons. The fraction of sp³-hybridized carbons (Fsp3) is 0.500. The molecule has 1 heterocycles. The maximum Gasteiger partial charge on any atom is 0.148 e. The number of nitrogens with zero attached hydrogens (tertiary/aromatic N) is 1. The number of aromatic nitrogens is 1. The van der Waals surface area contributed by atoms with Crippen LogP contribution < -0.4 is 15.4 Å². The van der Waals surface area contributed by atoms with E-state index in [9.17, 15) is 8.42 Å². The molecule has 1 saturated carbocycles.